The number of hydrogen-bond donors (Lipinski definition) is 0. The Morgan fingerprint density at radius 3 is 2.03 bits per heavy atom. The lowest BCUT2D eigenvalue weighted by atomic mass is 10.0. The number of halogens is 1. The van der Waals surface area contributed by atoms with Gasteiger partial charge in [0.15, 0.2) is 9.84 Å². The van der Waals surface area contributed by atoms with E-state index in [9.17, 15) is 17.6 Å². The summed E-state index contributed by atoms with van der Waals surface area (Å²) in [5.41, 5.74) is 1.84. The van der Waals surface area contributed by atoms with E-state index in [-0.39, 0.29) is 23.2 Å². The predicted octanol–water partition coefficient (Wildman–Crippen LogP) is 1.95. The highest BCUT2D eigenvalue weighted by atomic mass is 32.2. The lowest BCUT2D eigenvalue weighted by molar-refractivity contribution is -0.137. The van der Waals surface area contributed by atoms with Crippen LogP contribution in [0.1, 0.15) is 11.6 Å². The quantitative estimate of drug-likeness (QED) is 0.741. The Labute approximate surface area is 176 Å². The number of nitrogens with zero attached hydrogens (tertiary/aromatic N) is 3. The molecule has 2 aromatic rings. The Bertz CT molecular complexity index is 960. The van der Waals surface area contributed by atoms with Gasteiger partial charge < -0.3 is 9.80 Å². The van der Waals surface area contributed by atoms with Gasteiger partial charge in [-0.3, -0.25) is 9.69 Å². The summed E-state index contributed by atoms with van der Waals surface area (Å²) in [4.78, 5) is 19.5. The zero-order chi connectivity index (χ0) is 21.1. The topological polar surface area (TPSA) is 60.9 Å². The Balaban J connectivity index is 1.48. The summed E-state index contributed by atoms with van der Waals surface area (Å²) in [7, 11) is -3.02. The van der Waals surface area contributed by atoms with Crippen LogP contribution in [0.3, 0.4) is 0 Å². The molecule has 0 radical (unpaired) electrons. The molecular weight excluding hydrogens is 405 g/mol. The van der Waals surface area contributed by atoms with Crippen molar-refractivity contribution in [2.45, 2.75) is 6.04 Å². The second-order valence-electron chi connectivity index (χ2n) is 7.79. The van der Waals surface area contributed by atoms with E-state index in [2.05, 4.69) is 4.90 Å². The Morgan fingerprint density at radius 1 is 0.833 bits per heavy atom. The maximum atomic E-state index is 13.5. The molecule has 8 heteroatoms. The molecule has 0 N–H and O–H groups in total. The van der Waals surface area contributed by atoms with Crippen LogP contribution in [0.15, 0.2) is 54.6 Å². The molecular formula is C22H26FN3O3S. The van der Waals surface area contributed by atoms with Crippen LogP contribution in [0.25, 0.3) is 0 Å². The van der Waals surface area contributed by atoms with Crippen molar-refractivity contribution in [2.24, 2.45) is 0 Å². The number of anilines is 1. The third-order valence-corrected chi connectivity index (χ3v) is 7.49. The number of rotatable bonds is 4. The highest BCUT2D eigenvalue weighted by molar-refractivity contribution is 7.91. The van der Waals surface area contributed by atoms with Crippen LogP contribution in [-0.4, -0.2) is 74.9 Å². The first-order valence-electron chi connectivity index (χ1n) is 10.2. The number of piperazine rings is 1. The van der Waals surface area contributed by atoms with Gasteiger partial charge in [0.2, 0.25) is 5.91 Å². The summed E-state index contributed by atoms with van der Waals surface area (Å²) >= 11 is 0. The van der Waals surface area contributed by atoms with Crippen molar-refractivity contribution in [1.29, 1.82) is 0 Å². The first-order valence-corrected chi connectivity index (χ1v) is 12.0. The smallest absolute Gasteiger partial charge is 0.244 e. The average molecular weight is 432 g/mol. The predicted molar refractivity (Wildman–Crippen MR) is 115 cm³/mol. The second-order valence-corrected chi connectivity index (χ2v) is 10.1. The normalized spacial score (nSPS) is 20.7. The minimum atomic E-state index is -3.02. The third-order valence-electron chi connectivity index (χ3n) is 5.88. The lowest BCUT2D eigenvalue weighted by Gasteiger charge is -2.40. The van der Waals surface area contributed by atoms with Gasteiger partial charge in [-0.25, -0.2) is 12.8 Å². The molecule has 2 aromatic carbocycles. The van der Waals surface area contributed by atoms with Crippen molar-refractivity contribution in [3.63, 3.8) is 0 Å². The summed E-state index contributed by atoms with van der Waals surface area (Å²) in [5, 5.41) is 0. The van der Waals surface area contributed by atoms with Gasteiger partial charge in [0.25, 0.3) is 0 Å². The maximum Gasteiger partial charge on any atom is 0.244 e. The SMILES string of the molecule is O=C(C(c1ccccc1)N1CCS(=O)(=O)CC1)N1CCN(c2ccc(F)cc2)CC1. The van der Waals surface area contributed by atoms with E-state index in [4.69, 9.17) is 0 Å². The molecule has 160 valence electrons. The number of carbonyl (C=O) groups is 1. The van der Waals surface area contributed by atoms with E-state index in [1.165, 1.54) is 12.1 Å². The van der Waals surface area contributed by atoms with Gasteiger partial charge in [0.1, 0.15) is 11.9 Å². The van der Waals surface area contributed by atoms with Crippen molar-refractivity contribution in [2.75, 3.05) is 55.7 Å². The minimum Gasteiger partial charge on any atom is -0.368 e. The first kappa shape index (κ1) is 20.8. The van der Waals surface area contributed by atoms with Crippen molar-refractivity contribution in [1.82, 2.24) is 9.80 Å². The van der Waals surface area contributed by atoms with E-state index in [0.29, 0.717) is 39.3 Å². The molecule has 0 saturated carbocycles. The summed E-state index contributed by atoms with van der Waals surface area (Å²) < 4.78 is 36.9. The van der Waals surface area contributed by atoms with E-state index >= 15 is 0 Å². The largest absolute Gasteiger partial charge is 0.368 e. The molecule has 2 fully saturated rings. The minimum absolute atomic E-state index is 0.0132. The molecule has 0 bridgehead atoms. The van der Waals surface area contributed by atoms with Gasteiger partial charge in [0.05, 0.1) is 11.5 Å². The van der Waals surface area contributed by atoms with Crippen molar-refractivity contribution in [3.05, 3.63) is 66.0 Å². The summed E-state index contributed by atoms with van der Waals surface area (Å²) in [6, 6.07) is 15.5. The van der Waals surface area contributed by atoms with Gasteiger partial charge in [-0.2, -0.15) is 0 Å². The zero-order valence-electron chi connectivity index (χ0n) is 16.8. The number of benzene rings is 2. The molecule has 2 saturated heterocycles. The number of amides is 1. The molecule has 4 rings (SSSR count). The first-order chi connectivity index (χ1) is 14.4. The standard InChI is InChI=1S/C22H26FN3O3S/c23-19-6-8-20(9-7-19)24-10-12-26(13-11-24)22(27)21(18-4-2-1-3-5-18)25-14-16-30(28,29)17-15-25/h1-9,21H,10-17H2. The average Bonchev–Trinajstić information content (AvgIpc) is 2.76. The number of hydrogen-bond acceptors (Lipinski definition) is 5. The fourth-order valence-electron chi connectivity index (χ4n) is 4.14. The van der Waals surface area contributed by atoms with Gasteiger partial charge in [-0.1, -0.05) is 30.3 Å². The molecule has 1 unspecified atom stereocenters. The zero-order valence-corrected chi connectivity index (χ0v) is 17.6. The summed E-state index contributed by atoms with van der Waals surface area (Å²) in [6.07, 6.45) is 0. The van der Waals surface area contributed by atoms with Gasteiger partial charge >= 0.3 is 0 Å². The van der Waals surface area contributed by atoms with Crippen LogP contribution < -0.4 is 4.90 Å². The van der Waals surface area contributed by atoms with Crippen LogP contribution >= 0.6 is 0 Å². The van der Waals surface area contributed by atoms with Crippen LogP contribution in [0, 0.1) is 5.82 Å². The van der Waals surface area contributed by atoms with Gasteiger partial charge in [-0.05, 0) is 29.8 Å². The van der Waals surface area contributed by atoms with Gasteiger partial charge in [0, 0.05) is 45.0 Å². The highest BCUT2D eigenvalue weighted by Crippen LogP contribution is 2.26. The molecule has 30 heavy (non-hydrogen) atoms. The number of carbonyl (C=O) groups excluding carboxylic acids is 1. The Hall–Kier alpha value is -2.45. The summed E-state index contributed by atoms with van der Waals surface area (Å²) in [6.45, 7) is 3.23. The Morgan fingerprint density at radius 2 is 1.43 bits per heavy atom. The van der Waals surface area contributed by atoms with Crippen LogP contribution in [0.2, 0.25) is 0 Å². The van der Waals surface area contributed by atoms with Crippen molar-refractivity contribution >= 4 is 21.4 Å². The highest BCUT2D eigenvalue weighted by Gasteiger charge is 2.35. The van der Waals surface area contributed by atoms with Crippen molar-refractivity contribution < 1.29 is 17.6 Å². The van der Waals surface area contributed by atoms with Crippen LogP contribution in [-0.2, 0) is 14.6 Å². The van der Waals surface area contributed by atoms with Crippen LogP contribution in [0.5, 0.6) is 0 Å². The van der Waals surface area contributed by atoms with Crippen LogP contribution in [0.4, 0.5) is 10.1 Å². The fraction of sp³-hybridized carbons (Fsp3) is 0.409. The van der Waals surface area contributed by atoms with Gasteiger partial charge in [-0.15, -0.1) is 0 Å². The molecule has 1 amide bonds. The molecule has 0 aliphatic carbocycles. The van der Waals surface area contributed by atoms with E-state index in [1.54, 1.807) is 12.1 Å². The van der Waals surface area contributed by atoms with E-state index in [1.807, 2.05) is 40.1 Å². The molecule has 0 spiro atoms. The van der Waals surface area contributed by atoms with E-state index in [0.717, 1.165) is 11.3 Å². The maximum absolute atomic E-state index is 13.5. The van der Waals surface area contributed by atoms with E-state index < -0.39 is 15.9 Å². The summed E-state index contributed by atoms with van der Waals surface area (Å²) in [5.74, 6) is -0.0785. The molecule has 0 aromatic heterocycles. The third kappa shape index (κ3) is 4.65. The molecule has 2 heterocycles. The Kier molecular flexibility index (Phi) is 6.06. The monoisotopic (exact) mass is 431 g/mol. The van der Waals surface area contributed by atoms with Crippen molar-refractivity contribution in [3.8, 4) is 0 Å². The number of sulfone groups is 1. The lowest BCUT2D eigenvalue weighted by Crippen LogP contribution is -2.54. The molecule has 6 nitrogen and oxygen atoms in total. The second kappa shape index (κ2) is 8.73. The molecule has 2 aliphatic rings. The fourth-order valence-corrected chi connectivity index (χ4v) is 5.37. The molecule has 2 aliphatic heterocycles. The molecule has 1 atom stereocenters.